The standard InChI is InChI=1S/C11H18N2O3/c1-8-6-9(13-16-8)10(15)12-7-11(2,3)4-5-14/h6,14H,4-5,7H2,1-3H3,(H,12,15). The number of rotatable bonds is 5. The van der Waals surface area contributed by atoms with Gasteiger partial charge in [0.15, 0.2) is 5.69 Å². The van der Waals surface area contributed by atoms with Gasteiger partial charge in [-0.15, -0.1) is 0 Å². The number of hydrogen-bond acceptors (Lipinski definition) is 4. The number of aliphatic hydroxyl groups excluding tert-OH is 1. The molecule has 1 aromatic rings. The van der Waals surface area contributed by atoms with E-state index in [0.717, 1.165) is 0 Å². The Morgan fingerprint density at radius 2 is 2.31 bits per heavy atom. The van der Waals surface area contributed by atoms with E-state index in [9.17, 15) is 4.79 Å². The average Bonchev–Trinajstić information content (AvgIpc) is 2.61. The monoisotopic (exact) mass is 226 g/mol. The summed E-state index contributed by atoms with van der Waals surface area (Å²) in [6.45, 7) is 6.32. The minimum Gasteiger partial charge on any atom is -0.396 e. The number of carbonyl (C=O) groups is 1. The summed E-state index contributed by atoms with van der Waals surface area (Å²) in [6, 6.07) is 1.59. The quantitative estimate of drug-likeness (QED) is 0.789. The van der Waals surface area contributed by atoms with Crippen LogP contribution in [0.25, 0.3) is 0 Å². The number of amides is 1. The number of hydrogen-bond donors (Lipinski definition) is 2. The molecule has 90 valence electrons. The van der Waals surface area contributed by atoms with Gasteiger partial charge >= 0.3 is 0 Å². The molecule has 1 aromatic heterocycles. The van der Waals surface area contributed by atoms with Crippen molar-refractivity contribution < 1.29 is 14.4 Å². The van der Waals surface area contributed by atoms with Gasteiger partial charge in [0.25, 0.3) is 5.91 Å². The molecule has 0 unspecified atom stereocenters. The summed E-state index contributed by atoms with van der Waals surface area (Å²) in [5.74, 6) is 0.364. The lowest BCUT2D eigenvalue weighted by atomic mass is 9.90. The van der Waals surface area contributed by atoms with Crippen LogP contribution in [0.4, 0.5) is 0 Å². The summed E-state index contributed by atoms with van der Waals surface area (Å²) < 4.78 is 4.81. The van der Waals surface area contributed by atoms with E-state index >= 15 is 0 Å². The van der Waals surface area contributed by atoms with Crippen molar-refractivity contribution in [2.75, 3.05) is 13.2 Å². The molecule has 5 nitrogen and oxygen atoms in total. The zero-order valence-corrected chi connectivity index (χ0v) is 9.91. The Morgan fingerprint density at radius 1 is 1.62 bits per heavy atom. The lowest BCUT2D eigenvalue weighted by Gasteiger charge is -2.23. The minimum atomic E-state index is -0.247. The molecule has 16 heavy (non-hydrogen) atoms. The summed E-state index contributed by atoms with van der Waals surface area (Å²) in [7, 11) is 0. The summed E-state index contributed by atoms with van der Waals surface area (Å²) in [4.78, 5) is 11.6. The highest BCUT2D eigenvalue weighted by Gasteiger charge is 2.19. The number of nitrogens with one attached hydrogen (secondary N) is 1. The highest BCUT2D eigenvalue weighted by Crippen LogP contribution is 2.18. The summed E-state index contributed by atoms with van der Waals surface area (Å²) in [5, 5.41) is 15.2. The summed E-state index contributed by atoms with van der Waals surface area (Å²) in [5.41, 5.74) is 0.167. The van der Waals surface area contributed by atoms with Gasteiger partial charge < -0.3 is 14.9 Å². The van der Waals surface area contributed by atoms with Gasteiger partial charge in [0.2, 0.25) is 0 Å². The molecule has 0 aromatic carbocycles. The second kappa shape index (κ2) is 5.12. The number of carbonyl (C=O) groups excluding carboxylic acids is 1. The van der Waals surface area contributed by atoms with Gasteiger partial charge in [-0.1, -0.05) is 19.0 Å². The molecule has 5 heteroatoms. The maximum Gasteiger partial charge on any atom is 0.273 e. The number of aromatic nitrogens is 1. The van der Waals surface area contributed by atoms with Crippen molar-refractivity contribution in [1.82, 2.24) is 10.5 Å². The largest absolute Gasteiger partial charge is 0.396 e. The number of nitrogens with zero attached hydrogens (tertiary/aromatic N) is 1. The van der Waals surface area contributed by atoms with E-state index < -0.39 is 0 Å². The van der Waals surface area contributed by atoms with Crippen LogP contribution in [0.15, 0.2) is 10.6 Å². The molecule has 0 aliphatic carbocycles. The first kappa shape index (κ1) is 12.7. The maximum atomic E-state index is 11.6. The fourth-order valence-electron chi connectivity index (χ4n) is 1.27. The number of aliphatic hydroxyl groups is 1. The Balaban J connectivity index is 2.47. The minimum absolute atomic E-state index is 0.117. The normalized spacial score (nSPS) is 11.5. The first-order valence-electron chi connectivity index (χ1n) is 5.27. The van der Waals surface area contributed by atoms with E-state index in [0.29, 0.717) is 18.7 Å². The molecule has 0 aliphatic rings. The van der Waals surface area contributed by atoms with Crippen LogP contribution in [-0.2, 0) is 0 Å². The van der Waals surface area contributed by atoms with Gasteiger partial charge in [-0.25, -0.2) is 0 Å². The molecular weight excluding hydrogens is 208 g/mol. The molecule has 1 rings (SSSR count). The highest BCUT2D eigenvalue weighted by atomic mass is 16.5. The van der Waals surface area contributed by atoms with Crippen LogP contribution in [0, 0.1) is 12.3 Å². The van der Waals surface area contributed by atoms with Gasteiger partial charge in [0, 0.05) is 19.2 Å². The molecule has 0 saturated carbocycles. The Labute approximate surface area is 94.8 Å². The molecule has 0 bridgehead atoms. The molecule has 0 radical (unpaired) electrons. The molecule has 0 fully saturated rings. The lowest BCUT2D eigenvalue weighted by Crippen LogP contribution is -2.34. The smallest absolute Gasteiger partial charge is 0.273 e. The van der Waals surface area contributed by atoms with E-state index in [2.05, 4.69) is 10.5 Å². The van der Waals surface area contributed by atoms with Crippen LogP contribution < -0.4 is 5.32 Å². The van der Waals surface area contributed by atoms with Gasteiger partial charge in [-0.3, -0.25) is 4.79 Å². The third kappa shape index (κ3) is 3.66. The van der Waals surface area contributed by atoms with E-state index in [1.54, 1.807) is 13.0 Å². The van der Waals surface area contributed by atoms with Crippen molar-refractivity contribution in [2.24, 2.45) is 5.41 Å². The van der Waals surface area contributed by atoms with Crippen LogP contribution in [-0.4, -0.2) is 29.3 Å². The molecule has 0 saturated heterocycles. The Hall–Kier alpha value is -1.36. The van der Waals surface area contributed by atoms with Crippen LogP contribution in [0.1, 0.15) is 36.5 Å². The fourth-order valence-corrected chi connectivity index (χ4v) is 1.27. The molecule has 0 aliphatic heterocycles. The van der Waals surface area contributed by atoms with E-state index in [4.69, 9.17) is 9.63 Å². The third-order valence-electron chi connectivity index (χ3n) is 2.38. The lowest BCUT2D eigenvalue weighted by molar-refractivity contribution is 0.0919. The second-order valence-electron chi connectivity index (χ2n) is 4.64. The third-order valence-corrected chi connectivity index (χ3v) is 2.38. The van der Waals surface area contributed by atoms with Crippen molar-refractivity contribution in [1.29, 1.82) is 0 Å². The van der Waals surface area contributed by atoms with Gasteiger partial charge in [0.1, 0.15) is 5.76 Å². The SMILES string of the molecule is Cc1cc(C(=O)NCC(C)(C)CCO)no1. The van der Waals surface area contributed by atoms with E-state index in [1.807, 2.05) is 13.8 Å². The predicted octanol–water partition coefficient (Wildman–Crippen LogP) is 1.12. The second-order valence-corrected chi connectivity index (χ2v) is 4.64. The first-order chi connectivity index (χ1) is 7.44. The summed E-state index contributed by atoms with van der Waals surface area (Å²) in [6.07, 6.45) is 0.644. The Morgan fingerprint density at radius 3 is 2.81 bits per heavy atom. The predicted molar refractivity (Wildman–Crippen MR) is 59.1 cm³/mol. The van der Waals surface area contributed by atoms with Crippen molar-refractivity contribution in [2.45, 2.75) is 27.2 Å². The maximum absolute atomic E-state index is 11.6. The molecule has 0 atom stereocenters. The number of aryl methyl sites for hydroxylation is 1. The zero-order valence-electron chi connectivity index (χ0n) is 9.91. The molecule has 0 spiro atoms. The van der Waals surface area contributed by atoms with Crippen LogP contribution in [0.5, 0.6) is 0 Å². The summed E-state index contributed by atoms with van der Waals surface area (Å²) >= 11 is 0. The molecule has 2 N–H and O–H groups in total. The van der Waals surface area contributed by atoms with Crippen LogP contribution in [0.2, 0.25) is 0 Å². The van der Waals surface area contributed by atoms with E-state index in [-0.39, 0.29) is 23.6 Å². The van der Waals surface area contributed by atoms with Crippen LogP contribution in [0.3, 0.4) is 0 Å². The average molecular weight is 226 g/mol. The van der Waals surface area contributed by atoms with Gasteiger partial charge in [0.05, 0.1) is 0 Å². The zero-order chi connectivity index (χ0) is 12.2. The van der Waals surface area contributed by atoms with E-state index in [1.165, 1.54) is 0 Å². The topological polar surface area (TPSA) is 75.4 Å². The molecule has 1 amide bonds. The Bertz CT molecular complexity index is 358. The Kier molecular flexibility index (Phi) is 4.06. The van der Waals surface area contributed by atoms with Gasteiger partial charge in [-0.2, -0.15) is 0 Å². The highest BCUT2D eigenvalue weighted by molar-refractivity contribution is 5.92. The van der Waals surface area contributed by atoms with Gasteiger partial charge in [-0.05, 0) is 18.8 Å². The molecule has 1 heterocycles. The van der Waals surface area contributed by atoms with Crippen molar-refractivity contribution in [3.05, 3.63) is 17.5 Å². The van der Waals surface area contributed by atoms with Crippen molar-refractivity contribution in [3.63, 3.8) is 0 Å². The fraction of sp³-hybridized carbons (Fsp3) is 0.636. The molecular formula is C11H18N2O3. The first-order valence-corrected chi connectivity index (χ1v) is 5.27. The van der Waals surface area contributed by atoms with Crippen LogP contribution >= 0.6 is 0 Å². The van der Waals surface area contributed by atoms with Crippen molar-refractivity contribution in [3.8, 4) is 0 Å². The van der Waals surface area contributed by atoms with Crippen molar-refractivity contribution >= 4 is 5.91 Å².